The lowest BCUT2D eigenvalue weighted by molar-refractivity contribution is -0.134. The molecule has 4 atom stereocenters. The Kier molecular flexibility index (Phi) is 6.67. The molecule has 1 saturated carbocycles. The van der Waals surface area contributed by atoms with Crippen molar-refractivity contribution in [3.63, 3.8) is 0 Å². The summed E-state index contributed by atoms with van der Waals surface area (Å²) in [5.41, 5.74) is 3.14. The van der Waals surface area contributed by atoms with Gasteiger partial charge in [-0.1, -0.05) is 61.3 Å². The lowest BCUT2D eigenvalue weighted by atomic mass is 9.59. The molecule has 1 heterocycles. The van der Waals surface area contributed by atoms with Crippen molar-refractivity contribution in [2.45, 2.75) is 57.4 Å². The van der Waals surface area contributed by atoms with E-state index >= 15 is 0 Å². The van der Waals surface area contributed by atoms with E-state index in [0.717, 1.165) is 42.4 Å². The molecule has 166 valence electrons. The third kappa shape index (κ3) is 3.90. The first-order valence-corrected chi connectivity index (χ1v) is 12.2. The molecule has 2 fully saturated rings. The number of hydrogen-bond donors (Lipinski definition) is 1. The molecule has 5 heteroatoms. The average Bonchev–Trinajstić information content (AvgIpc) is 3.09. The molecule has 1 saturated heterocycles. The van der Waals surface area contributed by atoms with E-state index in [0.29, 0.717) is 6.54 Å². The highest BCUT2D eigenvalue weighted by Crippen LogP contribution is 2.56. The zero-order chi connectivity index (χ0) is 22.2. The molecule has 2 aliphatic rings. The van der Waals surface area contributed by atoms with Gasteiger partial charge in [0, 0.05) is 22.5 Å². The monoisotopic (exact) mass is 458 g/mol. The lowest BCUT2D eigenvalue weighted by Crippen LogP contribution is -2.61. The summed E-state index contributed by atoms with van der Waals surface area (Å²) in [6, 6.07) is 14.6. The first-order valence-electron chi connectivity index (χ1n) is 11.5. The predicted octanol–water partition coefficient (Wildman–Crippen LogP) is 6.18. The summed E-state index contributed by atoms with van der Waals surface area (Å²) in [4.78, 5) is 15.8. The number of rotatable bonds is 6. The molecule has 2 aromatic rings. The van der Waals surface area contributed by atoms with Gasteiger partial charge in [-0.2, -0.15) is 0 Å². The van der Waals surface area contributed by atoms with E-state index in [9.17, 15) is 4.79 Å². The van der Waals surface area contributed by atoms with Crippen molar-refractivity contribution >= 4 is 29.1 Å². The summed E-state index contributed by atoms with van der Waals surface area (Å²) in [5, 5.41) is 4.81. The van der Waals surface area contributed by atoms with Gasteiger partial charge in [0.15, 0.2) is 0 Å². The highest BCUT2D eigenvalue weighted by Gasteiger charge is 2.60. The van der Waals surface area contributed by atoms with Crippen LogP contribution in [0.5, 0.6) is 0 Å². The van der Waals surface area contributed by atoms with Gasteiger partial charge in [0.05, 0.1) is 0 Å². The van der Waals surface area contributed by atoms with Gasteiger partial charge < -0.3 is 5.32 Å². The van der Waals surface area contributed by atoms with E-state index in [-0.39, 0.29) is 23.7 Å². The largest absolute Gasteiger partial charge is 0.354 e. The van der Waals surface area contributed by atoms with Crippen molar-refractivity contribution in [3.05, 3.63) is 69.2 Å². The predicted molar refractivity (Wildman–Crippen MR) is 129 cm³/mol. The zero-order valence-electron chi connectivity index (χ0n) is 18.6. The molecule has 1 aliphatic heterocycles. The van der Waals surface area contributed by atoms with Crippen LogP contribution in [0.2, 0.25) is 10.0 Å². The summed E-state index contributed by atoms with van der Waals surface area (Å²) >= 11 is 13.0. The SMILES string of the molecule is CCCN(CC)[C@@]12CC[C@@H](c3ccc(C)cc3Cl)[C@H](c3ccc(Cl)cc3)[C@@H]1CNC2=O. The van der Waals surface area contributed by atoms with Gasteiger partial charge in [-0.3, -0.25) is 9.69 Å². The second-order valence-electron chi connectivity index (χ2n) is 9.07. The van der Waals surface area contributed by atoms with Crippen LogP contribution in [0, 0.1) is 12.8 Å². The Balaban J connectivity index is 1.85. The lowest BCUT2D eigenvalue weighted by Gasteiger charge is -2.51. The Morgan fingerprint density at radius 1 is 1.13 bits per heavy atom. The fraction of sp³-hybridized carbons (Fsp3) is 0.500. The Labute approximate surface area is 196 Å². The molecule has 1 amide bonds. The molecule has 1 aliphatic carbocycles. The minimum atomic E-state index is -0.456. The smallest absolute Gasteiger partial charge is 0.240 e. The highest BCUT2D eigenvalue weighted by atomic mass is 35.5. The maximum atomic E-state index is 13.4. The molecule has 0 radical (unpaired) electrons. The maximum Gasteiger partial charge on any atom is 0.240 e. The van der Waals surface area contributed by atoms with Crippen molar-refractivity contribution in [3.8, 4) is 0 Å². The Hall–Kier alpha value is -1.55. The van der Waals surface area contributed by atoms with Crippen LogP contribution in [-0.2, 0) is 4.79 Å². The number of hydrogen-bond acceptors (Lipinski definition) is 2. The first-order chi connectivity index (χ1) is 14.9. The van der Waals surface area contributed by atoms with E-state index in [4.69, 9.17) is 23.2 Å². The molecule has 3 nitrogen and oxygen atoms in total. The first kappa shape index (κ1) is 22.6. The maximum absolute atomic E-state index is 13.4. The second-order valence-corrected chi connectivity index (χ2v) is 9.91. The van der Waals surface area contributed by atoms with E-state index in [1.54, 1.807) is 0 Å². The van der Waals surface area contributed by atoms with Gasteiger partial charge in [-0.15, -0.1) is 0 Å². The fourth-order valence-corrected chi connectivity index (χ4v) is 6.63. The molecule has 31 heavy (non-hydrogen) atoms. The summed E-state index contributed by atoms with van der Waals surface area (Å²) < 4.78 is 0. The summed E-state index contributed by atoms with van der Waals surface area (Å²) in [6.07, 6.45) is 2.82. The molecule has 0 aromatic heterocycles. The number of likely N-dealkylation sites (N-methyl/N-ethyl adjacent to an activating group) is 1. The van der Waals surface area contributed by atoms with E-state index in [1.165, 1.54) is 16.7 Å². The molecular weight excluding hydrogens is 427 g/mol. The number of carbonyl (C=O) groups excluding carboxylic acids is 1. The highest BCUT2D eigenvalue weighted by molar-refractivity contribution is 6.31. The number of halogens is 2. The van der Waals surface area contributed by atoms with Gasteiger partial charge >= 0.3 is 0 Å². The standard InChI is InChI=1S/C26H32Cl2N2O/c1-4-14-30(5-2)26-13-12-21(20-11-6-17(3)15-23(20)28)24(22(26)16-29-25(26)31)18-7-9-19(27)10-8-18/h6-11,15,21-22,24H,4-5,12-14,16H2,1-3H3,(H,29,31)/t21-,22-,24-,26-/m0/s1. The number of nitrogens with zero attached hydrogens (tertiary/aromatic N) is 1. The topological polar surface area (TPSA) is 32.3 Å². The molecule has 0 spiro atoms. The van der Waals surface area contributed by atoms with Gasteiger partial charge in [0.1, 0.15) is 5.54 Å². The van der Waals surface area contributed by atoms with Crippen LogP contribution >= 0.6 is 23.2 Å². The molecule has 4 rings (SSSR count). The zero-order valence-corrected chi connectivity index (χ0v) is 20.1. The van der Waals surface area contributed by atoms with Crippen molar-refractivity contribution in [2.75, 3.05) is 19.6 Å². The number of aryl methyl sites for hydroxylation is 1. The van der Waals surface area contributed by atoms with Crippen LogP contribution in [-0.4, -0.2) is 36.0 Å². The third-order valence-electron chi connectivity index (χ3n) is 7.44. The Morgan fingerprint density at radius 3 is 2.52 bits per heavy atom. The number of benzene rings is 2. The van der Waals surface area contributed by atoms with Crippen molar-refractivity contribution in [1.82, 2.24) is 10.2 Å². The molecular formula is C26H32Cl2N2O. The van der Waals surface area contributed by atoms with E-state index in [1.807, 2.05) is 12.1 Å². The van der Waals surface area contributed by atoms with E-state index < -0.39 is 5.54 Å². The summed E-state index contributed by atoms with van der Waals surface area (Å²) in [5.74, 6) is 0.834. The molecule has 0 unspecified atom stereocenters. The summed E-state index contributed by atoms with van der Waals surface area (Å²) in [6.45, 7) is 8.95. The number of fused-ring (bicyclic) bond motifs is 1. The second kappa shape index (κ2) is 9.13. The summed E-state index contributed by atoms with van der Waals surface area (Å²) in [7, 11) is 0. The van der Waals surface area contributed by atoms with Crippen LogP contribution in [0.1, 0.15) is 61.6 Å². The Morgan fingerprint density at radius 2 is 1.87 bits per heavy atom. The molecule has 1 N–H and O–H groups in total. The Bertz CT molecular complexity index is 945. The molecule has 0 bridgehead atoms. The van der Waals surface area contributed by atoms with Gasteiger partial charge in [-0.05, 0) is 86.0 Å². The van der Waals surface area contributed by atoms with Crippen LogP contribution in [0.3, 0.4) is 0 Å². The fourth-order valence-electron chi connectivity index (χ4n) is 6.13. The van der Waals surface area contributed by atoms with Crippen LogP contribution < -0.4 is 5.32 Å². The minimum Gasteiger partial charge on any atom is -0.354 e. The van der Waals surface area contributed by atoms with Crippen LogP contribution in [0.15, 0.2) is 42.5 Å². The normalized spacial score (nSPS) is 27.9. The van der Waals surface area contributed by atoms with Crippen LogP contribution in [0.4, 0.5) is 0 Å². The number of carbonyl (C=O) groups is 1. The van der Waals surface area contributed by atoms with Gasteiger partial charge in [-0.25, -0.2) is 0 Å². The number of amides is 1. The average molecular weight is 459 g/mol. The van der Waals surface area contributed by atoms with Crippen molar-refractivity contribution in [2.24, 2.45) is 5.92 Å². The van der Waals surface area contributed by atoms with Gasteiger partial charge in [0.25, 0.3) is 0 Å². The minimum absolute atomic E-state index is 0.184. The molecule has 2 aromatic carbocycles. The third-order valence-corrected chi connectivity index (χ3v) is 8.02. The van der Waals surface area contributed by atoms with E-state index in [2.05, 4.69) is 61.3 Å². The van der Waals surface area contributed by atoms with Gasteiger partial charge in [0.2, 0.25) is 5.91 Å². The number of nitrogens with one attached hydrogen (secondary N) is 1. The van der Waals surface area contributed by atoms with Crippen molar-refractivity contribution in [1.29, 1.82) is 0 Å². The van der Waals surface area contributed by atoms with Crippen LogP contribution in [0.25, 0.3) is 0 Å². The quantitative estimate of drug-likeness (QED) is 0.560. The van der Waals surface area contributed by atoms with Crippen molar-refractivity contribution < 1.29 is 4.79 Å².